The van der Waals surface area contributed by atoms with Crippen molar-refractivity contribution in [2.24, 2.45) is 0 Å². The minimum atomic E-state index is -0.717. The van der Waals surface area contributed by atoms with Gasteiger partial charge in [-0.15, -0.1) is 11.3 Å². The number of ketones is 1. The number of hydrogen-bond acceptors (Lipinski definition) is 5. The number of hydrogen-bond donors (Lipinski definition) is 1. The Hall–Kier alpha value is -3.64. The van der Waals surface area contributed by atoms with Gasteiger partial charge in [0, 0.05) is 16.0 Å². The third-order valence-electron chi connectivity index (χ3n) is 4.95. The maximum atomic E-state index is 13.4. The second-order valence-electron chi connectivity index (χ2n) is 6.67. The SMILES string of the molecule is O=C(C1=C(O)C(=O)N(c2ccccc2)C1c1cccs1)c1cc2ccccc2o1. The molecule has 5 nitrogen and oxygen atoms in total. The van der Waals surface area contributed by atoms with Gasteiger partial charge in [-0.05, 0) is 35.7 Å². The molecule has 2 aromatic carbocycles. The molecule has 1 amide bonds. The Labute approximate surface area is 170 Å². The Kier molecular flexibility index (Phi) is 4.07. The first-order valence-electron chi connectivity index (χ1n) is 9.03. The van der Waals surface area contributed by atoms with Crippen LogP contribution in [0.2, 0.25) is 0 Å². The van der Waals surface area contributed by atoms with Gasteiger partial charge in [0.05, 0.1) is 5.57 Å². The molecule has 0 aliphatic carbocycles. The summed E-state index contributed by atoms with van der Waals surface area (Å²) >= 11 is 1.42. The third-order valence-corrected chi connectivity index (χ3v) is 5.87. The van der Waals surface area contributed by atoms with Crippen molar-refractivity contribution < 1.29 is 19.1 Å². The molecule has 0 radical (unpaired) electrons. The number of aliphatic hydroxyl groups is 1. The molecule has 1 aliphatic rings. The predicted octanol–water partition coefficient (Wildman–Crippen LogP) is 5.28. The first-order chi connectivity index (χ1) is 14.1. The van der Waals surface area contributed by atoms with Gasteiger partial charge in [-0.2, -0.15) is 0 Å². The van der Waals surface area contributed by atoms with Gasteiger partial charge in [0.25, 0.3) is 5.91 Å². The van der Waals surface area contributed by atoms with Crippen molar-refractivity contribution in [1.29, 1.82) is 0 Å². The zero-order valence-electron chi connectivity index (χ0n) is 15.1. The number of amides is 1. The lowest BCUT2D eigenvalue weighted by atomic mass is 10.00. The van der Waals surface area contributed by atoms with E-state index in [4.69, 9.17) is 4.42 Å². The summed E-state index contributed by atoms with van der Waals surface area (Å²) in [6.45, 7) is 0. The van der Waals surface area contributed by atoms with Gasteiger partial charge in [0.15, 0.2) is 11.5 Å². The molecule has 1 unspecified atom stereocenters. The van der Waals surface area contributed by atoms with E-state index in [9.17, 15) is 14.7 Å². The monoisotopic (exact) mass is 401 g/mol. The van der Waals surface area contributed by atoms with E-state index in [0.29, 0.717) is 11.3 Å². The third kappa shape index (κ3) is 2.77. The van der Waals surface area contributed by atoms with Gasteiger partial charge in [-0.25, -0.2) is 0 Å². The van der Waals surface area contributed by atoms with Crippen molar-refractivity contribution in [3.8, 4) is 0 Å². The van der Waals surface area contributed by atoms with Crippen LogP contribution < -0.4 is 4.90 Å². The highest BCUT2D eigenvalue weighted by molar-refractivity contribution is 7.10. The summed E-state index contributed by atoms with van der Waals surface area (Å²) in [5.74, 6) is -1.55. The number of furan rings is 1. The highest BCUT2D eigenvalue weighted by Crippen LogP contribution is 2.43. The van der Waals surface area contributed by atoms with Crippen LogP contribution in [-0.4, -0.2) is 16.8 Å². The minimum Gasteiger partial charge on any atom is -0.503 e. The molecule has 142 valence electrons. The highest BCUT2D eigenvalue weighted by atomic mass is 32.1. The fourth-order valence-corrected chi connectivity index (χ4v) is 4.46. The fraction of sp³-hybridized carbons (Fsp3) is 0.0435. The number of carbonyl (C=O) groups excluding carboxylic acids is 2. The Bertz CT molecular complexity index is 1220. The fourth-order valence-electron chi connectivity index (χ4n) is 3.63. The largest absolute Gasteiger partial charge is 0.503 e. The van der Waals surface area contributed by atoms with Crippen LogP contribution in [-0.2, 0) is 4.79 Å². The summed E-state index contributed by atoms with van der Waals surface area (Å²) in [6, 6.07) is 20.9. The van der Waals surface area contributed by atoms with Crippen LogP contribution in [0.1, 0.15) is 21.5 Å². The number of anilines is 1. The van der Waals surface area contributed by atoms with E-state index in [1.807, 2.05) is 53.9 Å². The molecule has 2 aromatic heterocycles. The highest BCUT2D eigenvalue weighted by Gasteiger charge is 2.45. The maximum Gasteiger partial charge on any atom is 0.294 e. The van der Waals surface area contributed by atoms with Gasteiger partial charge in [-0.1, -0.05) is 42.5 Å². The van der Waals surface area contributed by atoms with Crippen molar-refractivity contribution in [1.82, 2.24) is 0 Å². The first kappa shape index (κ1) is 17.5. The molecule has 0 spiro atoms. The van der Waals surface area contributed by atoms with Gasteiger partial charge < -0.3 is 9.52 Å². The molecule has 3 heterocycles. The Morgan fingerprint density at radius 1 is 1.00 bits per heavy atom. The van der Waals surface area contributed by atoms with Crippen LogP contribution in [0.3, 0.4) is 0 Å². The van der Waals surface area contributed by atoms with Gasteiger partial charge >= 0.3 is 0 Å². The van der Waals surface area contributed by atoms with Crippen LogP contribution in [0, 0.1) is 0 Å². The summed E-state index contributed by atoms with van der Waals surface area (Å²) < 4.78 is 5.71. The minimum absolute atomic E-state index is 0.0281. The van der Waals surface area contributed by atoms with E-state index < -0.39 is 23.5 Å². The number of fused-ring (bicyclic) bond motifs is 1. The molecule has 0 bridgehead atoms. The molecule has 5 rings (SSSR count). The Balaban J connectivity index is 1.65. The zero-order valence-corrected chi connectivity index (χ0v) is 15.9. The van der Waals surface area contributed by atoms with Crippen LogP contribution in [0.5, 0.6) is 0 Å². The van der Waals surface area contributed by atoms with Crippen LogP contribution >= 0.6 is 11.3 Å². The summed E-state index contributed by atoms with van der Waals surface area (Å²) in [5, 5.41) is 13.4. The zero-order chi connectivity index (χ0) is 20.0. The molecule has 6 heteroatoms. The average molecular weight is 401 g/mol. The number of para-hydroxylation sites is 2. The van der Waals surface area contributed by atoms with Crippen molar-refractivity contribution in [2.75, 3.05) is 4.90 Å². The van der Waals surface area contributed by atoms with Crippen LogP contribution in [0.4, 0.5) is 5.69 Å². The molecule has 1 N–H and O–H groups in total. The lowest BCUT2D eigenvalue weighted by molar-refractivity contribution is -0.117. The van der Waals surface area contributed by atoms with E-state index in [-0.39, 0.29) is 11.3 Å². The number of nitrogens with zero attached hydrogens (tertiary/aromatic N) is 1. The molecular weight excluding hydrogens is 386 g/mol. The van der Waals surface area contributed by atoms with E-state index in [2.05, 4.69) is 0 Å². The summed E-state index contributed by atoms with van der Waals surface area (Å²) in [6.07, 6.45) is 0. The van der Waals surface area contributed by atoms with E-state index in [1.54, 1.807) is 24.3 Å². The molecule has 1 aliphatic heterocycles. The van der Waals surface area contributed by atoms with Gasteiger partial charge in [0.2, 0.25) is 5.78 Å². The normalized spacial score (nSPS) is 16.8. The topological polar surface area (TPSA) is 70.8 Å². The summed E-state index contributed by atoms with van der Waals surface area (Å²) in [7, 11) is 0. The number of benzene rings is 2. The maximum absolute atomic E-state index is 13.4. The second kappa shape index (κ2) is 6.76. The summed E-state index contributed by atoms with van der Waals surface area (Å²) in [5.41, 5.74) is 1.21. The molecule has 0 saturated heterocycles. The Morgan fingerprint density at radius 2 is 1.76 bits per heavy atom. The molecule has 29 heavy (non-hydrogen) atoms. The number of thiophene rings is 1. The van der Waals surface area contributed by atoms with Crippen LogP contribution in [0.15, 0.2) is 93.9 Å². The predicted molar refractivity (Wildman–Crippen MR) is 111 cm³/mol. The Morgan fingerprint density at radius 3 is 2.48 bits per heavy atom. The quantitative estimate of drug-likeness (QED) is 0.473. The molecule has 0 fully saturated rings. The molecule has 1 atom stereocenters. The van der Waals surface area contributed by atoms with Crippen molar-refractivity contribution in [2.45, 2.75) is 6.04 Å². The number of carbonyl (C=O) groups is 2. The lowest BCUT2D eigenvalue weighted by Crippen LogP contribution is -2.30. The van der Waals surface area contributed by atoms with Crippen molar-refractivity contribution in [3.63, 3.8) is 0 Å². The average Bonchev–Trinajstić information content (AvgIpc) is 3.47. The molecule has 0 saturated carbocycles. The molecular formula is C23H15NO4S. The van der Waals surface area contributed by atoms with Crippen molar-refractivity contribution in [3.05, 3.63) is 100 Å². The number of aliphatic hydroxyl groups excluding tert-OH is 1. The summed E-state index contributed by atoms with van der Waals surface area (Å²) in [4.78, 5) is 28.6. The van der Waals surface area contributed by atoms with E-state index >= 15 is 0 Å². The number of Topliss-reactive ketones (excluding diaryl/α,β-unsaturated/α-hetero) is 1. The standard InChI is InChI=1S/C23H15NO4S/c25-21(17-13-14-7-4-5-10-16(14)28-17)19-20(18-11-6-12-29-18)24(23(27)22(19)26)15-8-2-1-3-9-15/h1-13,20,26H. The van der Waals surface area contributed by atoms with E-state index in [0.717, 1.165) is 10.3 Å². The molecule has 4 aromatic rings. The van der Waals surface area contributed by atoms with Gasteiger partial charge in [-0.3, -0.25) is 14.5 Å². The first-order valence-corrected chi connectivity index (χ1v) is 9.91. The number of rotatable bonds is 4. The smallest absolute Gasteiger partial charge is 0.294 e. The van der Waals surface area contributed by atoms with Crippen LogP contribution in [0.25, 0.3) is 11.0 Å². The van der Waals surface area contributed by atoms with E-state index in [1.165, 1.54) is 16.2 Å². The lowest BCUT2D eigenvalue weighted by Gasteiger charge is -2.25. The second-order valence-corrected chi connectivity index (χ2v) is 7.65. The van der Waals surface area contributed by atoms with Gasteiger partial charge in [0.1, 0.15) is 11.6 Å². The van der Waals surface area contributed by atoms with Crippen molar-refractivity contribution >= 4 is 39.7 Å².